The van der Waals surface area contributed by atoms with E-state index in [4.69, 9.17) is 9.47 Å². The average molecular weight is 398 g/mol. The standard InChI is InChI=1S/C22H26N2O5/c1-15-6-5-7-18(12-15)28-14-17(25)13-23-21(26)10-11-24-19-8-3-4-9-20(19)29-16(2)22(24)27/h3-9,12,16-17,25H,10-11,13-14H2,1-2H3,(H,23,26). The second-order valence-electron chi connectivity index (χ2n) is 7.05. The van der Waals surface area contributed by atoms with Gasteiger partial charge in [0.25, 0.3) is 5.91 Å². The Morgan fingerprint density at radius 3 is 2.86 bits per heavy atom. The van der Waals surface area contributed by atoms with Gasteiger partial charge < -0.3 is 24.8 Å². The number of amides is 2. The van der Waals surface area contributed by atoms with Crippen molar-refractivity contribution in [2.24, 2.45) is 0 Å². The van der Waals surface area contributed by atoms with Crippen LogP contribution >= 0.6 is 0 Å². The molecule has 0 saturated carbocycles. The molecule has 2 atom stereocenters. The van der Waals surface area contributed by atoms with Crippen LogP contribution in [0.1, 0.15) is 18.9 Å². The highest BCUT2D eigenvalue weighted by molar-refractivity contribution is 6.00. The summed E-state index contributed by atoms with van der Waals surface area (Å²) in [5, 5.41) is 12.7. The van der Waals surface area contributed by atoms with Crippen molar-refractivity contribution in [3.8, 4) is 11.5 Å². The number of carbonyl (C=O) groups excluding carboxylic acids is 2. The molecule has 0 radical (unpaired) electrons. The van der Waals surface area contributed by atoms with Gasteiger partial charge in [0, 0.05) is 19.5 Å². The van der Waals surface area contributed by atoms with E-state index in [0.717, 1.165) is 5.56 Å². The Labute approximate surface area is 170 Å². The van der Waals surface area contributed by atoms with Crippen LogP contribution in [0.3, 0.4) is 0 Å². The van der Waals surface area contributed by atoms with Crippen molar-refractivity contribution in [1.82, 2.24) is 5.32 Å². The molecule has 2 amide bonds. The zero-order valence-electron chi connectivity index (χ0n) is 16.6. The number of aliphatic hydroxyl groups excluding tert-OH is 1. The van der Waals surface area contributed by atoms with E-state index in [1.54, 1.807) is 24.0 Å². The first-order chi connectivity index (χ1) is 13.9. The van der Waals surface area contributed by atoms with Gasteiger partial charge in [0.05, 0.1) is 5.69 Å². The Kier molecular flexibility index (Phi) is 6.72. The Hall–Kier alpha value is -3.06. The van der Waals surface area contributed by atoms with Crippen LogP contribution in [-0.2, 0) is 9.59 Å². The maximum absolute atomic E-state index is 12.4. The lowest BCUT2D eigenvalue weighted by molar-refractivity contribution is -0.125. The molecule has 0 bridgehead atoms. The zero-order valence-corrected chi connectivity index (χ0v) is 16.6. The van der Waals surface area contributed by atoms with Gasteiger partial charge in [0.15, 0.2) is 6.10 Å². The van der Waals surface area contributed by atoms with Crippen LogP contribution in [0, 0.1) is 6.92 Å². The number of aryl methyl sites for hydroxylation is 1. The lowest BCUT2D eigenvalue weighted by Crippen LogP contribution is -2.46. The van der Waals surface area contributed by atoms with E-state index < -0.39 is 12.2 Å². The van der Waals surface area contributed by atoms with Crippen LogP contribution < -0.4 is 19.7 Å². The number of fused-ring (bicyclic) bond motifs is 1. The SMILES string of the molecule is Cc1cccc(OCC(O)CNC(=O)CCN2C(=O)C(C)Oc3ccccc32)c1. The van der Waals surface area contributed by atoms with E-state index in [9.17, 15) is 14.7 Å². The van der Waals surface area contributed by atoms with Gasteiger partial charge in [-0.25, -0.2) is 0 Å². The molecule has 0 aromatic heterocycles. The second-order valence-corrected chi connectivity index (χ2v) is 7.05. The fourth-order valence-corrected chi connectivity index (χ4v) is 3.08. The van der Waals surface area contributed by atoms with E-state index in [-0.39, 0.29) is 37.9 Å². The molecule has 2 aromatic carbocycles. The van der Waals surface area contributed by atoms with E-state index >= 15 is 0 Å². The number of nitrogens with one attached hydrogen (secondary N) is 1. The summed E-state index contributed by atoms with van der Waals surface area (Å²) >= 11 is 0. The Morgan fingerprint density at radius 1 is 1.28 bits per heavy atom. The average Bonchev–Trinajstić information content (AvgIpc) is 2.71. The van der Waals surface area contributed by atoms with E-state index in [0.29, 0.717) is 17.2 Å². The van der Waals surface area contributed by atoms with E-state index in [2.05, 4.69) is 5.32 Å². The number of aliphatic hydroxyl groups is 1. The van der Waals surface area contributed by atoms with E-state index in [1.165, 1.54) is 0 Å². The van der Waals surface area contributed by atoms with Gasteiger partial charge in [-0.2, -0.15) is 0 Å². The zero-order chi connectivity index (χ0) is 20.8. The Balaban J connectivity index is 1.44. The number of carbonyl (C=O) groups is 2. The Bertz CT molecular complexity index is 870. The van der Waals surface area contributed by atoms with Gasteiger partial charge in [-0.3, -0.25) is 9.59 Å². The molecule has 2 aromatic rings. The first kappa shape index (κ1) is 20.7. The largest absolute Gasteiger partial charge is 0.491 e. The fourth-order valence-electron chi connectivity index (χ4n) is 3.08. The third-order valence-electron chi connectivity index (χ3n) is 4.60. The minimum atomic E-state index is -0.828. The van der Waals surface area contributed by atoms with Gasteiger partial charge >= 0.3 is 0 Å². The molecule has 0 spiro atoms. The predicted octanol–water partition coefficient (Wildman–Crippen LogP) is 2.06. The van der Waals surface area contributed by atoms with Gasteiger partial charge in [-0.15, -0.1) is 0 Å². The smallest absolute Gasteiger partial charge is 0.267 e. The first-order valence-corrected chi connectivity index (χ1v) is 9.65. The van der Waals surface area contributed by atoms with Crippen molar-refractivity contribution >= 4 is 17.5 Å². The summed E-state index contributed by atoms with van der Waals surface area (Å²) in [6.07, 6.45) is -1.29. The van der Waals surface area contributed by atoms with Crippen LogP contribution in [0.25, 0.3) is 0 Å². The summed E-state index contributed by atoms with van der Waals surface area (Å²) in [7, 11) is 0. The number of benzene rings is 2. The second kappa shape index (κ2) is 9.43. The molecular formula is C22H26N2O5. The van der Waals surface area contributed by atoms with Crippen LogP contribution in [-0.4, -0.2) is 48.8 Å². The van der Waals surface area contributed by atoms with Crippen molar-refractivity contribution < 1.29 is 24.2 Å². The molecule has 2 N–H and O–H groups in total. The number of hydrogen-bond acceptors (Lipinski definition) is 5. The summed E-state index contributed by atoms with van der Waals surface area (Å²) in [6.45, 7) is 4.05. The summed E-state index contributed by atoms with van der Waals surface area (Å²) in [6, 6.07) is 14.8. The summed E-state index contributed by atoms with van der Waals surface area (Å²) in [5.74, 6) is 0.879. The lowest BCUT2D eigenvalue weighted by Gasteiger charge is -2.32. The number of anilines is 1. The first-order valence-electron chi connectivity index (χ1n) is 9.65. The number of nitrogens with zero attached hydrogens (tertiary/aromatic N) is 1. The molecule has 7 nitrogen and oxygen atoms in total. The summed E-state index contributed by atoms with van der Waals surface area (Å²) in [5.41, 5.74) is 1.73. The van der Waals surface area contributed by atoms with Gasteiger partial charge in [-0.05, 0) is 43.7 Å². The normalized spacial score (nSPS) is 16.6. The Morgan fingerprint density at radius 2 is 2.07 bits per heavy atom. The molecule has 1 heterocycles. The molecule has 154 valence electrons. The molecule has 1 aliphatic rings. The van der Waals surface area contributed by atoms with Gasteiger partial charge in [-0.1, -0.05) is 24.3 Å². The van der Waals surface area contributed by atoms with Crippen molar-refractivity contribution in [3.05, 3.63) is 54.1 Å². The highest BCUT2D eigenvalue weighted by Gasteiger charge is 2.31. The third kappa shape index (κ3) is 5.48. The highest BCUT2D eigenvalue weighted by Crippen LogP contribution is 2.33. The molecule has 2 unspecified atom stereocenters. The molecule has 7 heteroatoms. The summed E-state index contributed by atoms with van der Waals surface area (Å²) < 4.78 is 11.1. The topological polar surface area (TPSA) is 88.1 Å². The molecule has 1 aliphatic heterocycles. The molecule has 3 rings (SSSR count). The number of rotatable bonds is 8. The van der Waals surface area contributed by atoms with Crippen molar-refractivity contribution in [2.45, 2.75) is 32.5 Å². The van der Waals surface area contributed by atoms with Gasteiger partial charge in [0.1, 0.15) is 24.2 Å². The van der Waals surface area contributed by atoms with Crippen molar-refractivity contribution in [1.29, 1.82) is 0 Å². The number of hydrogen-bond donors (Lipinski definition) is 2. The fraction of sp³-hybridized carbons (Fsp3) is 0.364. The summed E-state index contributed by atoms with van der Waals surface area (Å²) in [4.78, 5) is 26.2. The van der Waals surface area contributed by atoms with Gasteiger partial charge in [0.2, 0.25) is 5.91 Å². The van der Waals surface area contributed by atoms with Crippen LogP contribution in [0.4, 0.5) is 5.69 Å². The minimum absolute atomic E-state index is 0.0781. The maximum atomic E-state index is 12.4. The number of ether oxygens (including phenoxy) is 2. The monoisotopic (exact) mass is 398 g/mol. The lowest BCUT2D eigenvalue weighted by atomic mass is 10.1. The molecule has 0 fully saturated rings. The number of para-hydroxylation sites is 2. The van der Waals surface area contributed by atoms with Crippen LogP contribution in [0.2, 0.25) is 0 Å². The van der Waals surface area contributed by atoms with E-state index in [1.807, 2.05) is 43.3 Å². The predicted molar refractivity (Wildman–Crippen MR) is 109 cm³/mol. The maximum Gasteiger partial charge on any atom is 0.267 e. The molecule has 0 aliphatic carbocycles. The van der Waals surface area contributed by atoms with Crippen molar-refractivity contribution in [2.75, 3.05) is 24.6 Å². The van der Waals surface area contributed by atoms with Crippen LogP contribution in [0.15, 0.2) is 48.5 Å². The van der Waals surface area contributed by atoms with Crippen LogP contribution in [0.5, 0.6) is 11.5 Å². The third-order valence-corrected chi connectivity index (χ3v) is 4.60. The quantitative estimate of drug-likeness (QED) is 0.711. The highest BCUT2D eigenvalue weighted by atomic mass is 16.5. The minimum Gasteiger partial charge on any atom is -0.491 e. The van der Waals surface area contributed by atoms with Crippen molar-refractivity contribution in [3.63, 3.8) is 0 Å². The molecular weight excluding hydrogens is 372 g/mol. The molecule has 29 heavy (non-hydrogen) atoms. The molecule has 0 saturated heterocycles.